The molecule has 0 atom stereocenters. The van der Waals surface area contributed by atoms with Crippen LogP contribution >= 0.6 is 0 Å². The zero-order valence-corrected chi connectivity index (χ0v) is 9.22. The van der Waals surface area contributed by atoms with Crippen molar-refractivity contribution >= 4 is 10.8 Å². The molecule has 0 radical (unpaired) electrons. The van der Waals surface area contributed by atoms with Crippen LogP contribution in [0.1, 0.15) is 18.1 Å². The fraction of sp³-hybridized carbons (Fsp3) is 0.143. The molecule has 0 heterocycles. The molecule has 0 bridgehead atoms. The van der Waals surface area contributed by atoms with Gasteiger partial charge in [0.05, 0.1) is 5.56 Å². The molecule has 3 heteroatoms. The van der Waals surface area contributed by atoms with E-state index in [-0.39, 0.29) is 11.1 Å². The first-order valence-corrected chi connectivity index (χ1v) is 5.19. The summed E-state index contributed by atoms with van der Waals surface area (Å²) in [6.45, 7) is 1.72. The van der Waals surface area contributed by atoms with Crippen LogP contribution in [0.25, 0.3) is 10.8 Å². The molecule has 2 rings (SSSR count). The van der Waals surface area contributed by atoms with Crippen molar-refractivity contribution in [1.29, 1.82) is 0 Å². The van der Waals surface area contributed by atoms with Crippen molar-refractivity contribution in [1.82, 2.24) is 0 Å². The van der Waals surface area contributed by atoms with Gasteiger partial charge in [0.15, 0.2) is 11.6 Å². The Morgan fingerprint density at radius 1 is 1.35 bits per heavy atom. The van der Waals surface area contributed by atoms with E-state index in [0.717, 1.165) is 0 Å². The van der Waals surface area contributed by atoms with Crippen LogP contribution in [0.4, 0.5) is 8.78 Å². The summed E-state index contributed by atoms with van der Waals surface area (Å²) in [5.41, 5.74) is 0.283. The molecule has 2 aromatic rings. The fourth-order valence-electron chi connectivity index (χ4n) is 1.99. The molecule has 1 N–H and O–H groups in total. The third kappa shape index (κ3) is 1.62. The largest absolute Gasteiger partial charge is 0.505 e. The highest BCUT2D eigenvalue weighted by molar-refractivity contribution is 5.92. The van der Waals surface area contributed by atoms with Gasteiger partial charge < -0.3 is 5.11 Å². The third-order valence-corrected chi connectivity index (χ3v) is 2.77. The van der Waals surface area contributed by atoms with Crippen LogP contribution in [0.5, 0.6) is 5.75 Å². The van der Waals surface area contributed by atoms with E-state index in [2.05, 4.69) is 5.92 Å². The molecular weight excluding hydrogens is 222 g/mol. The van der Waals surface area contributed by atoms with Gasteiger partial charge in [-0.25, -0.2) is 8.78 Å². The van der Waals surface area contributed by atoms with Crippen LogP contribution < -0.4 is 0 Å². The topological polar surface area (TPSA) is 20.2 Å². The number of rotatable bonds is 1. The van der Waals surface area contributed by atoms with Gasteiger partial charge in [-0.05, 0) is 23.9 Å². The number of phenols is 1. The lowest BCUT2D eigenvalue weighted by molar-refractivity contribution is 0.430. The molecule has 0 aliphatic heterocycles. The Balaban J connectivity index is 3.04. The zero-order chi connectivity index (χ0) is 12.6. The Hall–Kier alpha value is -2.08. The lowest BCUT2D eigenvalue weighted by atomic mass is 9.96. The number of aromatic hydroxyl groups is 1. The van der Waals surface area contributed by atoms with Crippen LogP contribution in [-0.4, -0.2) is 5.11 Å². The fourth-order valence-corrected chi connectivity index (χ4v) is 1.99. The highest BCUT2D eigenvalue weighted by atomic mass is 19.1. The molecule has 0 aromatic heterocycles. The van der Waals surface area contributed by atoms with Crippen molar-refractivity contribution < 1.29 is 13.9 Å². The molecule has 2 aromatic carbocycles. The van der Waals surface area contributed by atoms with Crippen molar-refractivity contribution in [2.45, 2.75) is 13.3 Å². The number of hydrogen-bond donors (Lipinski definition) is 1. The highest BCUT2D eigenvalue weighted by Crippen LogP contribution is 2.32. The standard InChI is InChI=1S/C14H10F2O/c1-3-9-11(15)6-5-8-7-12(17)14(16)10(4-2)13(8)9/h1,5-7,17H,4H2,2H3. The Bertz CT molecular complexity index is 639. The predicted molar refractivity (Wildman–Crippen MR) is 62.8 cm³/mol. The number of fused-ring (bicyclic) bond motifs is 1. The van der Waals surface area contributed by atoms with E-state index in [0.29, 0.717) is 17.2 Å². The number of phenolic OH excluding ortho intramolecular Hbond substituents is 1. The Kier molecular flexibility index (Phi) is 2.72. The normalized spacial score (nSPS) is 10.5. The summed E-state index contributed by atoms with van der Waals surface area (Å²) in [6.07, 6.45) is 5.58. The molecule has 0 unspecified atom stereocenters. The average molecular weight is 232 g/mol. The zero-order valence-electron chi connectivity index (χ0n) is 9.22. The monoisotopic (exact) mass is 232 g/mol. The number of benzene rings is 2. The second-order valence-corrected chi connectivity index (χ2v) is 3.71. The van der Waals surface area contributed by atoms with Gasteiger partial charge in [0.25, 0.3) is 0 Å². The molecular formula is C14H10F2O. The van der Waals surface area contributed by atoms with E-state index < -0.39 is 17.4 Å². The summed E-state index contributed by atoms with van der Waals surface area (Å²) >= 11 is 0. The molecule has 0 spiro atoms. The van der Waals surface area contributed by atoms with Gasteiger partial charge in [0.2, 0.25) is 0 Å². The summed E-state index contributed by atoms with van der Waals surface area (Å²) in [7, 11) is 0. The summed E-state index contributed by atoms with van der Waals surface area (Å²) in [5, 5.41) is 10.3. The Morgan fingerprint density at radius 2 is 2.06 bits per heavy atom. The van der Waals surface area contributed by atoms with E-state index >= 15 is 0 Å². The number of terminal acetylenes is 1. The predicted octanol–water partition coefficient (Wildman–Crippen LogP) is 3.37. The number of aryl methyl sites for hydroxylation is 1. The van der Waals surface area contributed by atoms with Crippen molar-refractivity contribution in [2.24, 2.45) is 0 Å². The van der Waals surface area contributed by atoms with Crippen LogP contribution in [0.3, 0.4) is 0 Å². The van der Waals surface area contributed by atoms with E-state index in [1.54, 1.807) is 6.92 Å². The van der Waals surface area contributed by atoms with Gasteiger partial charge in [-0.3, -0.25) is 0 Å². The first-order valence-electron chi connectivity index (χ1n) is 5.19. The maximum absolute atomic E-state index is 13.7. The molecule has 86 valence electrons. The molecule has 0 fully saturated rings. The molecule has 17 heavy (non-hydrogen) atoms. The minimum absolute atomic E-state index is 0.0400. The van der Waals surface area contributed by atoms with Gasteiger partial charge in [-0.1, -0.05) is 18.9 Å². The minimum Gasteiger partial charge on any atom is -0.505 e. The van der Waals surface area contributed by atoms with Gasteiger partial charge >= 0.3 is 0 Å². The van der Waals surface area contributed by atoms with Gasteiger partial charge in [0.1, 0.15) is 5.82 Å². The van der Waals surface area contributed by atoms with E-state index in [9.17, 15) is 13.9 Å². The van der Waals surface area contributed by atoms with Gasteiger partial charge in [-0.2, -0.15) is 0 Å². The maximum Gasteiger partial charge on any atom is 0.168 e. The summed E-state index contributed by atoms with van der Waals surface area (Å²) in [4.78, 5) is 0. The average Bonchev–Trinajstić information content (AvgIpc) is 2.32. The van der Waals surface area contributed by atoms with E-state index in [1.807, 2.05) is 0 Å². The first-order chi connectivity index (χ1) is 8.10. The number of hydrogen-bond acceptors (Lipinski definition) is 1. The van der Waals surface area contributed by atoms with Crippen LogP contribution in [0.2, 0.25) is 0 Å². The highest BCUT2D eigenvalue weighted by Gasteiger charge is 2.16. The van der Waals surface area contributed by atoms with E-state index in [1.165, 1.54) is 18.2 Å². The lowest BCUT2D eigenvalue weighted by Crippen LogP contribution is -1.96. The Morgan fingerprint density at radius 3 is 2.65 bits per heavy atom. The minimum atomic E-state index is -0.734. The third-order valence-electron chi connectivity index (χ3n) is 2.77. The van der Waals surface area contributed by atoms with Crippen molar-refractivity contribution in [3.05, 3.63) is 41.0 Å². The molecule has 0 saturated carbocycles. The SMILES string of the molecule is C#Cc1c(F)ccc2cc(O)c(F)c(CC)c12. The van der Waals surface area contributed by atoms with Crippen molar-refractivity contribution in [3.63, 3.8) is 0 Å². The molecule has 0 saturated heterocycles. The summed E-state index contributed by atoms with van der Waals surface area (Å²) in [5.74, 6) is 0.506. The molecule has 0 aliphatic rings. The lowest BCUT2D eigenvalue weighted by Gasteiger charge is -2.10. The Labute approximate surface area is 97.7 Å². The second-order valence-electron chi connectivity index (χ2n) is 3.71. The smallest absolute Gasteiger partial charge is 0.168 e. The maximum atomic E-state index is 13.7. The van der Waals surface area contributed by atoms with Crippen LogP contribution in [0, 0.1) is 24.0 Å². The first kappa shape index (κ1) is 11.4. The molecule has 0 amide bonds. The van der Waals surface area contributed by atoms with Gasteiger partial charge in [-0.15, -0.1) is 6.42 Å². The number of halogens is 2. The van der Waals surface area contributed by atoms with Crippen molar-refractivity contribution in [3.8, 4) is 18.1 Å². The van der Waals surface area contributed by atoms with Crippen LogP contribution in [0.15, 0.2) is 18.2 Å². The quantitative estimate of drug-likeness (QED) is 0.747. The van der Waals surface area contributed by atoms with E-state index in [4.69, 9.17) is 6.42 Å². The van der Waals surface area contributed by atoms with Crippen LogP contribution in [-0.2, 0) is 6.42 Å². The van der Waals surface area contributed by atoms with Gasteiger partial charge in [0, 0.05) is 10.9 Å². The summed E-state index contributed by atoms with van der Waals surface area (Å²) in [6, 6.07) is 3.95. The molecule has 1 nitrogen and oxygen atoms in total. The second kappa shape index (κ2) is 4.06. The molecule has 0 aliphatic carbocycles. The summed E-state index contributed by atoms with van der Waals surface area (Å²) < 4.78 is 27.3. The van der Waals surface area contributed by atoms with Crippen molar-refractivity contribution in [2.75, 3.05) is 0 Å².